The van der Waals surface area contributed by atoms with Crippen LogP contribution in [-0.4, -0.2) is 56.0 Å². The molecule has 2 aliphatic heterocycles. The fourth-order valence-electron chi connectivity index (χ4n) is 4.47. The number of fused-ring (bicyclic) bond motifs is 1. The Morgan fingerprint density at radius 2 is 1.82 bits per heavy atom. The second-order valence-electron chi connectivity index (χ2n) is 8.07. The van der Waals surface area contributed by atoms with Gasteiger partial charge in [0.25, 0.3) is 0 Å². The molecule has 2 fully saturated rings. The Kier molecular flexibility index (Phi) is 4.50. The maximum atomic E-state index is 5.31. The van der Waals surface area contributed by atoms with E-state index in [9.17, 15) is 0 Å². The van der Waals surface area contributed by atoms with Crippen molar-refractivity contribution in [2.45, 2.75) is 52.0 Å². The normalized spacial score (nSPS) is 19.1. The van der Waals surface area contributed by atoms with Crippen LogP contribution in [-0.2, 0) is 6.54 Å². The molecule has 0 aromatic carbocycles. The van der Waals surface area contributed by atoms with Crippen LogP contribution in [0.3, 0.4) is 0 Å². The van der Waals surface area contributed by atoms with Gasteiger partial charge in [0.1, 0.15) is 11.6 Å². The molecule has 148 valence electrons. The van der Waals surface area contributed by atoms with Gasteiger partial charge in [0.15, 0.2) is 11.5 Å². The second-order valence-corrected chi connectivity index (χ2v) is 8.07. The number of rotatable bonds is 4. The Bertz CT molecular complexity index is 945. The highest BCUT2D eigenvalue weighted by molar-refractivity contribution is 5.46. The van der Waals surface area contributed by atoms with Crippen molar-refractivity contribution < 1.29 is 4.52 Å². The van der Waals surface area contributed by atoms with Gasteiger partial charge in [-0.1, -0.05) is 5.16 Å². The van der Waals surface area contributed by atoms with Gasteiger partial charge in [0.05, 0.1) is 5.69 Å². The summed E-state index contributed by atoms with van der Waals surface area (Å²) in [6.45, 7) is 9.18. The van der Waals surface area contributed by atoms with Crippen molar-refractivity contribution in [1.29, 1.82) is 0 Å². The van der Waals surface area contributed by atoms with Crippen LogP contribution in [0.25, 0.3) is 5.65 Å². The van der Waals surface area contributed by atoms with Crippen LogP contribution in [0.15, 0.2) is 16.7 Å². The van der Waals surface area contributed by atoms with E-state index in [1.54, 1.807) is 0 Å². The first-order chi connectivity index (χ1) is 13.7. The summed E-state index contributed by atoms with van der Waals surface area (Å²) in [7, 11) is 0. The van der Waals surface area contributed by atoms with Crippen molar-refractivity contribution in [3.05, 3.63) is 35.0 Å². The summed E-state index contributed by atoms with van der Waals surface area (Å²) in [5.74, 6) is 3.38. The van der Waals surface area contributed by atoms with Crippen molar-refractivity contribution >= 4 is 11.5 Å². The van der Waals surface area contributed by atoms with Crippen LogP contribution in [0.4, 0.5) is 5.82 Å². The molecule has 28 heavy (non-hydrogen) atoms. The third-order valence-electron chi connectivity index (χ3n) is 6.22. The first-order valence-electron chi connectivity index (χ1n) is 10.3. The van der Waals surface area contributed by atoms with Gasteiger partial charge < -0.3 is 9.42 Å². The van der Waals surface area contributed by atoms with E-state index in [2.05, 4.69) is 31.2 Å². The lowest BCUT2D eigenvalue weighted by Gasteiger charge is -2.31. The van der Waals surface area contributed by atoms with Crippen LogP contribution in [0.1, 0.15) is 54.4 Å². The lowest BCUT2D eigenvalue weighted by atomic mass is 9.95. The summed E-state index contributed by atoms with van der Waals surface area (Å²) in [5.41, 5.74) is 3.07. The minimum absolute atomic E-state index is 0.400. The highest BCUT2D eigenvalue weighted by Gasteiger charge is 2.26. The standard InChI is InChI=1S/C20H27N7O/c1-14-17(15(2)28-24-14)13-25-11-7-16(8-12-25)20-22-21-18-5-6-19(23-27(18)20)26-9-3-4-10-26/h5-6,16H,3-4,7-13H2,1-2H3. The Hall–Kier alpha value is -2.48. The molecule has 5 heterocycles. The molecule has 0 atom stereocenters. The smallest absolute Gasteiger partial charge is 0.178 e. The van der Waals surface area contributed by atoms with Gasteiger partial charge in [-0.3, -0.25) is 4.90 Å². The topological polar surface area (TPSA) is 75.6 Å². The van der Waals surface area contributed by atoms with Crippen LogP contribution < -0.4 is 4.90 Å². The minimum atomic E-state index is 0.400. The summed E-state index contributed by atoms with van der Waals surface area (Å²) in [6.07, 6.45) is 4.64. The molecule has 0 radical (unpaired) electrons. The number of nitrogens with zero attached hydrogens (tertiary/aromatic N) is 7. The molecular weight excluding hydrogens is 354 g/mol. The van der Waals surface area contributed by atoms with E-state index < -0.39 is 0 Å². The lowest BCUT2D eigenvalue weighted by Crippen LogP contribution is -2.33. The van der Waals surface area contributed by atoms with E-state index in [0.29, 0.717) is 5.92 Å². The summed E-state index contributed by atoms with van der Waals surface area (Å²) in [6, 6.07) is 4.12. The van der Waals surface area contributed by atoms with E-state index in [4.69, 9.17) is 9.62 Å². The van der Waals surface area contributed by atoms with Crippen LogP contribution in [0.5, 0.6) is 0 Å². The van der Waals surface area contributed by atoms with Crippen molar-refractivity contribution in [2.24, 2.45) is 0 Å². The van der Waals surface area contributed by atoms with Gasteiger partial charge in [0, 0.05) is 31.1 Å². The first kappa shape index (κ1) is 17.6. The molecule has 8 nitrogen and oxygen atoms in total. The number of aromatic nitrogens is 5. The molecular formula is C20H27N7O. The third kappa shape index (κ3) is 3.15. The number of piperidine rings is 1. The predicted molar refractivity (Wildman–Crippen MR) is 105 cm³/mol. The maximum Gasteiger partial charge on any atom is 0.178 e. The Morgan fingerprint density at radius 3 is 2.54 bits per heavy atom. The number of anilines is 1. The molecule has 2 aliphatic rings. The summed E-state index contributed by atoms with van der Waals surface area (Å²) < 4.78 is 7.28. The molecule has 0 spiro atoms. The van der Waals surface area contributed by atoms with E-state index >= 15 is 0 Å². The average molecular weight is 381 g/mol. The Balaban J connectivity index is 1.30. The number of hydrogen-bond donors (Lipinski definition) is 0. The van der Waals surface area contributed by atoms with E-state index in [1.165, 1.54) is 18.4 Å². The quantitative estimate of drug-likeness (QED) is 0.688. The van der Waals surface area contributed by atoms with Gasteiger partial charge in [0.2, 0.25) is 0 Å². The minimum Gasteiger partial charge on any atom is -0.361 e. The number of likely N-dealkylation sites (tertiary alicyclic amines) is 1. The van der Waals surface area contributed by atoms with Crippen molar-refractivity contribution in [1.82, 2.24) is 29.9 Å². The molecule has 0 bridgehead atoms. The monoisotopic (exact) mass is 381 g/mol. The fraction of sp³-hybridized carbons (Fsp3) is 0.600. The van der Waals surface area contributed by atoms with Gasteiger partial charge in [-0.05, 0) is 64.8 Å². The molecule has 3 aromatic heterocycles. The van der Waals surface area contributed by atoms with E-state index in [-0.39, 0.29) is 0 Å². The number of aryl methyl sites for hydroxylation is 2. The largest absolute Gasteiger partial charge is 0.361 e. The average Bonchev–Trinajstić information content (AvgIpc) is 3.45. The molecule has 5 rings (SSSR count). The summed E-state index contributed by atoms with van der Waals surface area (Å²) in [5, 5.41) is 17.8. The highest BCUT2D eigenvalue weighted by atomic mass is 16.5. The fourth-order valence-corrected chi connectivity index (χ4v) is 4.47. The zero-order valence-corrected chi connectivity index (χ0v) is 16.6. The first-order valence-corrected chi connectivity index (χ1v) is 10.3. The molecule has 0 aliphatic carbocycles. The Labute approximate surface area is 164 Å². The summed E-state index contributed by atoms with van der Waals surface area (Å²) >= 11 is 0. The highest BCUT2D eigenvalue weighted by Crippen LogP contribution is 2.29. The zero-order chi connectivity index (χ0) is 19.1. The van der Waals surface area contributed by atoms with E-state index in [1.807, 2.05) is 24.4 Å². The molecule has 3 aromatic rings. The molecule has 0 unspecified atom stereocenters. The second kappa shape index (κ2) is 7.16. The SMILES string of the molecule is Cc1noc(C)c1CN1CCC(c2nnc3ccc(N4CCCC4)nn23)CC1. The molecule has 8 heteroatoms. The lowest BCUT2D eigenvalue weighted by molar-refractivity contribution is 0.199. The van der Waals surface area contributed by atoms with Crippen LogP contribution >= 0.6 is 0 Å². The third-order valence-corrected chi connectivity index (χ3v) is 6.22. The number of hydrogen-bond acceptors (Lipinski definition) is 7. The zero-order valence-electron chi connectivity index (χ0n) is 16.6. The van der Waals surface area contributed by atoms with E-state index in [0.717, 1.165) is 74.3 Å². The van der Waals surface area contributed by atoms with Gasteiger partial charge in [-0.2, -0.15) is 4.52 Å². The van der Waals surface area contributed by atoms with Crippen molar-refractivity contribution in [3.63, 3.8) is 0 Å². The molecule has 2 saturated heterocycles. The maximum absolute atomic E-state index is 5.31. The van der Waals surface area contributed by atoms with Gasteiger partial charge in [-0.15, -0.1) is 15.3 Å². The Morgan fingerprint density at radius 1 is 1.04 bits per heavy atom. The molecule has 0 N–H and O–H groups in total. The predicted octanol–water partition coefficient (Wildman–Crippen LogP) is 2.71. The van der Waals surface area contributed by atoms with Crippen molar-refractivity contribution in [3.8, 4) is 0 Å². The van der Waals surface area contributed by atoms with Crippen LogP contribution in [0, 0.1) is 13.8 Å². The summed E-state index contributed by atoms with van der Waals surface area (Å²) in [4.78, 5) is 4.84. The van der Waals surface area contributed by atoms with Gasteiger partial charge >= 0.3 is 0 Å². The molecule has 0 saturated carbocycles. The van der Waals surface area contributed by atoms with Gasteiger partial charge in [-0.25, -0.2) is 0 Å². The molecule has 0 amide bonds. The van der Waals surface area contributed by atoms with Crippen LogP contribution in [0.2, 0.25) is 0 Å². The van der Waals surface area contributed by atoms with Crippen molar-refractivity contribution in [2.75, 3.05) is 31.1 Å².